The minimum Gasteiger partial charge on any atom is -0.462 e. The van der Waals surface area contributed by atoms with Crippen molar-refractivity contribution >= 4 is 19.8 Å². The van der Waals surface area contributed by atoms with Crippen LogP contribution in [-0.4, -0.2) is 41.0 Å². The molecule has 0 bridgehead atoms. The zero-order chi connectivity index (χ0) is 37.5. The van der Waals surface area contributed by atoms with Gasteiger partial charge in [0.25, 0.3) is 0 Å². The second-order valence-corrected chi connectivity index (χ2v) is 15.6. The van der Waals surface area contributed by atoms with Gasteiger partial charge in [0.15, 0.2) is 6.10 Å². The van der Waals surface area contributed by atoms with Gasteiger partial charge in [-0.15, -0.1) is 0 Å². The Labute approximate surface area is 313 Å². The molecule has 0 amide bonds. The fourth-order valence-electron chi connectivity index (χ4n) is 6.05. The van der Waals surface area contributed by atoms with Crippen molar-refractivity contribution in [2.45, 2.75) is 219 Å². The number of esters is 2. The summed E-state index contributed by atoms with van der Waals surface area (Å²) in [6.45, 7) is 3.67. The van der Waals surface area contributed by atoms with Crippen LogP contribution in [0, 0.1) is 0 Å². The summed E-state index contributed by atoms with van der Waals surface area (Å²) in [5.41, 5.74) is 0. The van der Waals surface area contributed by atoms with Gasteiger partial charge in [-0.05, 0) is 44.9 Å². The fourth-order valence-corrected chi connectivity index (χ4v) is 6.41. The van der Waals surface area contributed by atoms with Gasteiger partial charge in [0.2, 0.25) is 0 Å². The van der Waals surface area contributed by atoms with Gasteiger partial charge in [0.1, 0.15) is 6.61 Å². The Morgan fingerprint density at radius 3 is 1.33 bits per heavy atom. The van der Waals surface area contributed by atoms with Gasteiger partial charge in [-0.3, -0.25) is 14.1 Å². The quantitative estimate of drug-likeness (QED) is 0.0276. The van der Waals surface area contributed by atoms with E-state index in [4.69, 9.17) is 19.3 Å². The molecule has 9 heteroatoms. The van der Waals surface area contributed by atoms with Crippen LogP contribution < -0.4 is 0 Å². The number of carbonyl (C=O) groups excluding carboxylic acids is 2. The third kappa shape index (κ3) is 41.2. The first-order valence-electron chi connectivity index (χ1n) is 21.1. The molecular weight excluding hydrogens is 663 g/mol. The number of rotatable bonds is 39. The fraction of sp³-hybridized carbons (Fsp3) is 0.857. The first-order chi connectivity index (χ1) is 24.8. The zero-order valence-electron chi connectivity index (χ0n) is 33.0. The maximum Gasteiger partial charge on any atom is 0.469 e. The molecule has 0 spiro atoms. The van der Waals surface area contributed by atoms with Gasteiger partial charge in [-0.25, -0.2) is 4.57 Å². The summed E-state index contributed by atoms with van der Waals surface area (Å²) in [6, 6.07) is 0. The van der Waals surface area contributed by atoms with E-state index in [2.05, 4.69) is 42.7 Å². The van der Waals surface area contributed by atoms with E-state index in [9.17, 15) is 14.2 Å². The molecule has 0 fully saturated rings. The molecule has 0 aliphatic heterocycles. The normalized spacial score (nSPS) is 12.6. The van der Waals surface area contributed by atoms with E-state index in [0.717, 1.165) is 51.4 Å². The third-order valence-electron chi connectivity index (χ3n) is 9.22. The Balaban J connectivity index is 3.90. The molecule has 0 aromatic heterocycles. The molecule has 0 heterocycles. The highest BCUT2D eigenvalue weighted by atomic mass is 31.2. The predicted molar refractivity (Wildman–Crippen MR) is 212 cm³/mol. The van der Waals surface area contributed by atoms with Gasteiger partial charge >= 0.3 is 19.8 Å². The lowest BCUT2D eigenvalue weighted by Gasteiger charge is -2.18. The van der Waals surface area contributed by atoms with Gasteiger partial charge in [0, 0.05) is 12.8 Å². The number of carbonyl (C=O) groups is 2. The van der Waals surface area contributed by atoms with Gasteiger partial charge in [-0.2, -0.15) is 0 Å². The lowest BCUT2D eigenvalue weighted by atomic mass is 10.0. The van der Waals surface area contributed by atoms with Gasteiger partial charge < -0.3 is 19.3 Å². The number of ether oxygens (including phenoxy) is 2. The minimum absolute atomic E-state index is 0.206. The average molecular weight is 743 g/mol. The van der Waals surface area contributed by atoms with Crippen molar-refractivity contribution in [1.82, 2.24) is 0 Å². The molecule has 8 nitrogen and oxygen atoms in total. The summed E-state index contributed by atoms with van der Waals surface area (Å²) in [5, 5.41) is 0. The number of unbranched alkanes of at least 4 members (excludes halogenated alkanes) is 25. The second kappa shape index (κ2) is 38.3. The van der Waals surface area contributed by atoms with Crippen molar-refractivity contribution < 1.29 is 37.9 Å². The second-order valence-electron chi connectivity index (χ2n) is 14.3. The Bertz CT molecular complexity index is 884. The topological polar surface area (TPSA) is 119 Å². The maximum atomic E-state index is 12.4. The Morgan fingerprint density at radius 1 is 0.510 bits per heavy atom. The summed E-state index contributed by atoms with van der Waals surface area (Å²) < 4.78 is 26.4. The van der Waals surface area contributed by atoms with E-state index in [1.54, 1.807) is 0 Å². The maximum absolute atomic E-state index is 12.4. The number of hydrogen-bond acceptors (Lipinski definition) is 6. The Hall–Kier alpha value is -1.47. The van der Waals surface area contributed by atoms with E-state index in [1.165, 1.54) is 128 Å². The van der Waals surface area contributed by atoms with Crippen LogP contribution in [0.4, 0.5) is 0 Å². The standard InChI is InChI=1S/C42H79O8P/c1-3-5-7-9-11-13-15-17-19-21-23-25-27-29-31-33-35-37-42(44)50-40(39-49-51(45,46)47)38-48-41(43)36-34-32-30-28-26-24-22-20-18-16-14-12-10-8-6-4-2/h11,13,17,19,40H,3-10,12,14-16,18,20-39H2,1-2H3,(H2,45,46,47)/b13-11+,19-17+/t40-/m1/s1. The van der Waals surface area contributed by atoms with E-state index in [-0.39, 0.29) is 19.4 Å². The molecule has 0 radical (unpaired) electrons. The molecule has 0 aromatic rings. The minimum atomic E-state index is -4.75. The predicted octanol–water partition coefficient (Wildman–Crippen LogP) is 12.8. The molecule has 0 saturated heterocycles. The molecule has 1 atom stereocenters. The molecular formula is C42H79O8P. The summed E-state index contributed by atoms with van der Waals surface area (Å²) in [5.74, 6) is -0.885. The Kier molecular flexibility index (Phi) is 37.2. The lowest BCUT2D eigenvalue weighted by Crippen LogP contribution is -2.29. The van der Waals surface area contributed by atoms with Crippen molar-refractivity contribution in [2.24, 2.45) is 0 Å². The highest BCUT2D eigenvalue weighted by Crippen LogP contribution is 2.36. The summed E-state index contributed by atoms with van der Waals surface area (Å²) >= 11 is 0. The van der Waals surface area contributed by atoms with Crippen molar-refractivity contribution in [1.29, 1.82) is 0 Å². The van der Waals surface area contributed by atoms with E-state index in [1.807, 2.05) is 0 Å². The van der Waals surface area contributed by atoms with Crippen molar-refractivity contribution in [3.8, 4) is 0 Å². The lowest BCUT2D eigenvalue weighted by molar-refractivity contribution is -0.161. The molecule has 0 rings (SSSR count). The summed E-state index contributed by atoms with van der Waals surface area (Å²) in [4.78, 5) is 42.8. The SMILES string of the molecule is CCCCC/C=C/C/C=C/CCCCCCCCCC(=O)O[C@H](COC(=O)CCCCCCCCCCCCCCCCCC)COP(=O)(O)O. The third-order valence-corrected chi connectivity index (χ3v) is 9.71. The zero-order valence-corrected chi connectivity index (χ0v) is 33.9. The average Bonchev–Trinajstić information content (AvgIpc) is 3.10. The molecule has 0 unspecified atom stereocenters. The molecule has 51 heavy (non-hydrogen) atoms. The molecule has 2 N–H and O–H groups in total. The van der Waals surface area contributed by atoms with Crippen LogP contribution in [0.15, 0.2) is 24.3 Å². The van der Waals surface area contributed by atoms with E-state index in [0.29, 0.717) is 6.42 Å². The number of hydrogen-bond donors (Lipinski definition) is 2. The van der Waals surface area contributed by atoms with E-state index >= 15 is 0 Å². The molecule has 0 saturated carbocycles. The van der Waals surface area contributed by atoms with Crippen LogP contribution in [0.25, 0.3) is 0 Å². The van der Waals surface area contributed by atoms with Crippen LogP contribution in [0.1, 0.15) is 213 Å². The number of allylic oxidation sites excluding steroid dienone is 4. The van der Waals surface area contributed by atoms with Crippen LogP contribution in [0.3, 0.4) is 0 Å². The van der Waals surface area contributed by atoms with Gasteiger partial charge in [-0.1, -0.05) is 179 Å². The monoisotopic (exact) mass is 743 g/mol. The van der Waals surface area contributed by atoms with Crippen molar-refractivity contribution in [2.75, 3.05) is 13.2 Å². The van der Waals surface area contributed by atoms with Crippen LogP contribution in [0.2, 0.25) is 0 Å². The molecule has 0 aliphatic rings. The first kappa shape index (κ1) is 49.5. The van der Waals surface area contributed by atoms with Crippen molar-refractivity contribution in [3.05, 3.63) is 24.3 Å². The summed E-state index contributed by atoms with van der Waals surface area (Å²) in [6.07, 6.45) is 43.2. The van der Waals surface area contributed by atoms with E-state index < -0.39 is 32.5 Å². The van der Waals surface area contributed by atoms with Gasteiger partial charge in [0.05, 0.1) is 6.61 Å². The van der Waals surface area contributed by atoms with Crippen molar-refractivity contribution in [3.63, 3.8) is 0 Å². The van der Waals surface area contributed by atoms with Crippen LogP contribution in [-0.2, 0) is 28.2 Å². The number of phosphoric acid groups is 1. The molecule has 0 aromatic carbocycles. The summed E-state index contributed by atoms with van der Waals surface area (Å²) in [7, 11) is -4.75. The van der Waals surface area contributed by atoms with Crippen LogP contribution in [0.5, 0.6) is 0 Å². The largest absolute Gasteiger partial charge is 0.469 e. The highest BCUT2D eigenvalue weighted by Gasteiger charge is 2.22. The highest BCUT2D eigenvalue weighted by molar-refractivity contribution is 7.46. The molecule has 0 aliphatic carbocycles. The first-order valence-corrected chi connectivity index (χ1v) is 22.7. The van der Waals surface area contributed by atoms with Crippen LogP contribution >= 0.6 is 7.82 Å². The Morgan fingerprint density at radius 2 is 0.882 bits per heavy atom. The smallest absolute Gasteiger partial charge is 0.462 e. The molecule has 300 valence electrons. The number of phosphoric ester groups is 1.